The molecule has 4 aromatic rings. The molecule has 0 atom stereocenters. The lowest BCUT2D eigenvalue weighted by atomic mass is 10.2. The summed E-state index contributed by atoms with van der Waals surface area (Å²) in [5, 5.41) is 3.92. The number of hydrogen-bond donors (Lipinski definition) is 0. The van der Waals surface area contributed by atoms with Gasteiger partial charge in [0.15, 0.2) is 18.1 Å². The van der Waals surface area contributed by atoms with E-state index in [-0.39, 0.29) is 12.5 Å². The van der Waals surface area contributed by atoms with Crippen molar-refractivity contribution in [1.82, 2.24) is 20.1 Å². The fourth-order valence-corrected chi connectivity index (χ4v) is 2.71. The van der Waals surface area contributed by atoms with E-state index < -0.39 is 5.97 Å². The van der Waals surface area contributed by atoms with E-state index in [9.17, 15) is 4.79 Å². The third-order valence-corrected chi connectivity index (χ3v) is 4.14. The van der Waals surface area contributed by atoms with Crippen LogP contribution >= 0.6 is 0 Å². The Balaban J connectivity index is 1.45. The molecular formula is C20H16N4O5. The van der Waals surface area contributed by atoms with Gasteiger partial charge in [-0.2, -0.15) is 4.98 Å². The molecule has 0 unspecified atom stereocenters. The van der Waals surface area contributed by atoms with Crippen molar-refractivity contribution in [1.29, 1.82) is 0 Å². The first kappa shape index (κ1) is 18.4. The zero-order valence-corrected chi connectivity index (χ0v) is 15.7. The van der Waals surface area contributed by atoms with Crippen LogP contribution in [0.15, 0.2) is 53.3 Å². The summed E-state index contributed by atoms with van der Waals surface area (Å²) in [6, 6.07) is 10.2. The number of fused-ring (bicyclic) bond motifs is 1. The summed E-state index contributed by atoms with van der Waals surface area (Å²) in [4.78, 5) is 24.9. The maximum atomic E-state index is 12.3. The van der Waals surface area contributed by atoms with E-state index in [0.717, 1.165) is 0 Å². The average molecular weight is 392 g/mol. The number of ether oxygens (including phenoxy) is 3. The average Bonchev–Trinajstić information content (AvgIpc) is 3.25. The first-order chi connectivity index (χ1) is 14.2. The number of carbonyl (C=O) groups is 1. The highest BCUT2D eigenvalue weighted by molar-refractivity contribution is 5.93. The van der Waals surface area contributed by atoms with Crippen molar-refractivity contribution in [3.8, 4) is 22.9 Å². The van der Waals surface area contributed by atoms with Gasteiger partial charge in [0.1, 0.15) is 0 Å². The van der Waals surface area contributed by atoms with Crippen molar-refractivity contribution in [3.05, 3.63) is 60.2 Å². The minimum Gasteiger partial charge on any atom is -0.493 e. The van der Waals surface area contributed by atoms with E-state index in [1.165, 1.54) is 0 Å². The van der Waals surface area contributed by atoms with Crippen LogP contribution in [-0.4, -0.2) is 40.3 Å². The molecule has 0 aliphatic rings. The van der Waals surface area contributed by atoms with Crippen LogP contribution < -0.4 is 9.47 Å². The highest BCUT2D eigenvalue weighted by Crippen LogP contribution is 2.31. The summed E-state index contributed by atoms with van der Waals surface area (Å²) in [7, 11) is 3.10. The number of hydrogen-bond acceptors (Lipinski definition) is 9. The maximum absolute atomic E-state index is 12.3. The van der Waals surface area contributed by atoms with Gasteiger partial charge in [0, 0.05) is 18.0 Å². The normalized spacial score (nSPS) is 10.7. The highest BCUT2D eigenvalue weighted by atomic mass is 16.6. The van der Waals surface area contributed by atoms with Crippen LogP contribution in [-0.2, 0) is 11.3 Å². The highest BCUT2D eigenvalue weighted by Gasteiger charge is 2.15. The molecule has 2 aromatic carbocycles. The standard InChI is InChI=1S/C20H16N4O5/c1-26-16-6-4-12(10-17(16)27-2)19-23-18(29-24-19)11-28-20(25)13-3-5-14-15(9-13)22-8-7-21-14/h3-10H,11H2,1-2H3. The largest absolute Gasteiger partial charge is 0.493 e. The molecule has 9 nitrogen and oxygen atoms in total. The van der Waals surface area contributed by atoms with Gasteiger partial charge in [-0.15, -0.1) is 0 Å². The van der Waals surface area contributed by atoms with Gasteiger partial charge in [0.2, 0.25) is 5.82 Å². The van der Waals surface area contributed by atoms with Gasteiger partial charge in [-0.05, 0) is 36.4 Å². The fraction of sp³-hybridized carbons (Fsp3) is 0.150. The molecule has 0 aliphatic carbocycles. The molecule has 0 saturated heterocycles. The molecule has 2 aromatic heterocycles. The van der Waals surface area contributed by atoms with Gasteiger partial charge in [0.25, 0.3) is 5.89 Å². The molecule has 0 N–H and O–H groups in total. The third kappa shape index (κ3) is 3.84. The van der Waals surface area contributed by atoms with Crippen molar-refractivity contribution in [2.45, 2.75) is 6.61 Å². The Morgan fingerprint density at radius 1 is 0.966 bits per heavy atom. The maximum Gasteiger partial charge on any atom is 0.338 e. The Hall–Kier alpha value is -4.01. The van der Waals surface area contributed by atoms with Gasteiger partial charge in [-0.1, -0.05) is 5.16 Å². The van der Waals surface area contributed by atoms with E-state index in [1.54, 1.807) is 63.0 Å². The summed E-state index contributed by atoms with van der Waals surface area (Å²) in [6.45, 7) is -0.155. The quantitative estimate of drug-likeness (QED) is 0.457. The first-order valence-corrected chi connectivity index (χ1v) is 8.61. The SMILES string of the molecule is COc1ccc(-c2noc(COC(=O)c3ccc4nccnc4c3)n2)cc1OC. The summed E-state index contributed by atoms with van der Waals surface area (Å²) < 4.78 is 20.9. The number of esters is 1. The predicted molar refractivity (Wildman–Crippen MR) is 101 cm³/mol. The van der Waals surface area contributed by atoms with E-state index in [1.807, 2.05) is 0 Å². The zero-order valence-electron chi connectivity index (χ0n) is 15.7. The number of carbonyl (C=O) groups excluding carboxylic acids is 1. The van der Waals surface area contributed by atoms with Crippen LogP contribution in [0.25, 0.3) is 22.4 Å². The van der Waals surface area contributed by atoms with Crippen molar-refractivity contribution in [2.24, 2.45) is 0 Å². The molecule has 0 bridgehead atoms. The lowest BCUT2D eigenvalue weighted by Crippen LogP contribution is -2.05. The molecule has 2 heterocycles. The Morgan fingerprint density at radius 3 is 2.55 bits per heavy atom. The molecule has 0 saturated carbocycles. The fourth-order valence-electron chi connectivity index (χ4n) is 2.71. The summed E-state index contributed by atoms with van der Waals surface area (Å²) >= 11 is 0. The molecule has 0 spiro atoms. The van der Waals surface area contributed by atoms with E-state index in [4.69, 9.17) is 18.7 Å². The van der Waals surface area contributed by atoms with Gasteiger partial charge < -0.3 is 18.7 Å². The molecular weight excluding hydrogens is 376 g/mol. The molecule has 0 radical (unpaired) electrons. The summed E-state index contributed by atoms with van der Waals surface area (Å²) in [5.74, 6) is 1.13. The smallest absolute Gasteiger partial charge is 0.338 e. The number of aromatic nitrogens is 4. The minimum absolute atomic E-state index is 0.155. The van der Waals surface area contributed by atoms with Crippen LogP contribution in [0.2, 0.25) is 0 Å². The van der Waals surface area contributed by atoms with Crippen LogP contribution in [0.4, 0.5) is 0 Å². The van der Waals surface area contributed by atoms with E-state index in [0.29, 0.717) is 39.5 Å². The first-order valence-electron chi connectivity index (χ1n) is 8.61. The molecule has 29 heavy (non-hydrogen) atoms. The van der Waals surface area contributed by atoms with Crippen molar-refractivity contribution >= 4 is 17.0 Å². The topological polar surface area (TPSA) is 109 Å². The second-order valence-corrected chi connectivity index (χ2v) is 5.92. The second-order valence-electron chi connectivity index (χ2n) is 5.92. The number of benzene rings is 2. The van der Waals surface area contributed by atoms with Crippen molar-refractivity contribution in [2.75, 3.05) is 14.2 Å². The van der Waals surface area contributed by atoms with Gasteiger partial charge in [-0.25, -0.2) is 4.79 Å². The van der Waals surface area contributed by atoms with Crippen molar-refractivity contribution in [3.63, 3.8) is 0 Å². The molecule has 4 rings (SSSR count). The molecule has 0 fully saturated rings. The Labute approximate surface area is 165 Å². The summed E-state index contributed by atoms with van der Waals surface area (Å²) in [6.07, 6.45) is 3.15. The second kappa shape index (κ2) is 7.93. The van der Waals surface area contributed by atoms with Crippen LogP contribution in [0.5, 0.6) is 11.5 Å². The molecule has 0 aliphatic heterocycles. The van der Waals surface area contributed by atoms with Gasteiger partial charge >= 0.3 is 5.97 Å². The zero-order chi connectivity index (χ0) is 20.2. The Bertz CT molecular complexity index is 1170. The lowest BCUT2D eigenvalue weighted by Gasteiger charge is -2.07. The van der Waals surface area contributed by atoms with Gasteiger partial charge in [-0.3, -0.25) is 9.97 Å². The van der Waals surface area contributed by atoms with E-state index in [2.05, 4.69) is 20.1 Å². The Morgan fingerprint density at radius 2 is 1.76 bits per heavy atom. The van der Waals surface area contributed by atoms with Crippen LogP contribution in [0.3, 0.4) is 0 Å². The van der Waals surface area contributed by atoms with Crippen molar-refractivity contribution < 1.29 is 23.5 Å². The summed E-state index contributed by atoms with van der Waals surface area (Å²) in [5.41, 5.74) is 2.34. The Kier molecular flexibility index (Phi) is 5.02. The number of rotatable bonds is 6. The third-order valence-electron chi connectivity index (χ3n) is 4.14. The molecule has 0 amide bonds. The van der Waals surface area contributed by atoms with Gasteiger partial charge in [0.05, 0.1) is 30.8 Å². The van der Waals surface area contributed by atoms with Crippen LogP contribution in [0, 0.1) is 0 Å². The monoisotopic (exact) mass is 392 g/mol. The lowest BCUT2D eigenvalue weighted by molar-refractivity contribution is 0.0430. The number of methoxy groups -OCH3 is 2. The van der Waals surface area contributed by atoms with E-state index >= 15 is 0 Å². The van der Waals surface area contributed by atoms with Crippen LogP contribution in [0.1, 0.15) is 16.2 Å². The molecule has 146 valence electrons. The minimum atomic E-state index is -0.525. The molecule has 9 heteroatoms. The number of nitrogens with zero attached hydrogens (tertiary/aromatic N) is 4. The predicted octanol–water partition coefficient (Wildman–Crippen LogP) is 3.05.